The Balaban J connectivity index is 1.89. The lowest BCUT2D eigenvalue weighted by molar-refractivity contribution is -0.116. The van der Waals surface area contributed by atoms with E-state index >= 15 is 0 Å². The van der Waals surface area contributed by atoms with E-state index < -0.39 is 0 Å². The number of aromatic nitrogens is 2. The molecule has 0 fully saturated rings. The normalized spacial score (nSPS) is 19.3. The molecule has 0 bridgehead atoms. The van der Waals surface area contributed by atoms with Crippen molar-refractivity contribution in [2.75, 3.05) is 5.32 Å². The molecule has 4 heteroatoms. The van der Waals surface area contributed by atoms with Gasteiger partial charge in [0.15, 0.2) is 5.82 Å². The Kier molecular flexibility index (Phi) is 2.79. The first kappa shape index (κ1) is 13.1. The molecule has 4 rings (SSSR count). The van der Waals surface area contributed by atoms with Crippen LogP contribution in [0.2, 0.25) is 0 Å². The third-order valence-electron chi connectivity index (χ3n) is 4.45. The highest BCUT2D eigenvalue weighted by Crippen LogP contribution is 2.42. The van der Waals surface area contributed by atoms with Crippen LogP contribution < -0.4 is 5.32 Å². The summed E-state index contributed by atoms with van der Waals surface area (Å²) in [5, 5.41) is 10.3. The van der Waals surface area contributed by atoms with Gasteiger partial charge in [-0.2, -0.15) is 5.10 Å². The lowest BCUT2D eigenvalue weighted by Gasteiger charge is -2.25. The van der Waals surface area contributed by atoms with Crippen LogP contribution in [0.3, 0.4) is 0 Å². The molecule has 2 heterocycles. The fourth-order valence-corrected chi connectivity index (χ4v) is 3.24. The second-order valence-corrected chi connectivity index (χ2v) is 6.01. The first-order valence-electron chi connectivity index (χ1n) is 7.47. The third-order valence-corrected chi connectivity index (χ3v) is 4.45. The minimum absolute atomic E-state index is 0.0228. The number of aromatic amines is 1. The van der Waals surface area contributed by atoms with Crippen molar-refractivity contribution in [3.63, 3.8) is 0 Å². The predicted molar refractivity (Wildman–Crippen MR) is 86.7 cm³/mol. The largest absolute Gasteiger partial charge is 0.309 e. The Morgan fingerprint density at radius 2 is 2.09 bits per heavy atom. The highest BCUT2D eigenvalue weighted by molar-refractivity contribution is 5.96. The summed E-state index contributed by atoms with van der Waals surface area (Å²) in [5.74, 6) is 0.736. The van der Waals surface area contributed by atoms with E-state index in [4.69, 9.17) is 0 Å². The van der Waals surface area contributed by atoms with Gasteiger partial charge < -0.3 is 5.32 Å². The van der Waals surface area contributed by atoms with Gasteiger partial charge in [-0.1, -0.05) is 42.0 Å². The summed E-state index contributed by atoms with van der Waals surface area (Å²) in [6.45, 7) is 4.18. The quantitative estimate of drug-likeness (QED) is 0.890. The molecule has 1 amide bonds. The van der Waals surface area contributed by atoms with Gasteiger partial charge in [0.25, 0.3) is 0 Å². The molecule has 0 spiro atoms. The zero-order valence-electron chi connectivity index (χ0n) is 12.6. The van der Waals surface area contributed by atoms with Gasteiger partial charge in [-0.3, -0.25) is 9.89 Å². The molecule has 22 heavy (non-hydrogen) atoms. The van der Waals surface area contributed by atoms with Crippen LogP contribution in [0.25, 0.3) is 5.57 Å². The molecule has 0 saturated carbocycles. The Labute approximate surface area is 128 Å². The minimum Gasteiger partial charge on any atom is -0.309 e. The summed E-state index contributed by atoms with van der Waals surface area (Å²) in [6, 6.07) is 6.42. The lowest BCUT2D eigenvalue weighted by atomic mass is 9.81. The number of nitrogens with zero attached hydrogens (tertiary/aromatic N) is 1. The molecule has 2 N–H and O–H groups in total. The van der Waals surface area contributed by atoms with Crippen LogP contribution in [-0.4, -0.2) is 16.1 Å². The third kappa shape index (κ3) is 1.91. The molecule has 110 valence electrons. The first-order chi connectivity index (χ1) is 10.6. The van der Waals surface area contributed by atoms with Crippen LogP contribution in [-0.2, 0) is 4.79 Å². The number of carbonyl (C=O) groups excluding carboxylic acids is 1. The second-order valence-electron chi connectivity index (χ2n) is 6.01. The topological polar surface area (TPSA) is 57.8 Å². The van der Waals surface area contributed by atoms with E-state index in [2.05, 4.69) is 59.7 Å². The number of hydrogen-bond donors (Lipinski definition) is 2. The lowest BCUT2D eigenvalue weighted by Crippen LogP contribution is -2.24. The summed E-state index contributed by atoms with van der Waals surface area (Å²) in [7, 11) is 0. The van der Waals surface area contributed by atoms with Gasteiger partial charge in [-0.15, -0.1) is 0 Å². The smallest absolute Gasteiger partial charge is 0.226 e. The fourth-order valence-electron chi connectivity index (χ4n) is 3.24. The number of hydrogen-bond acceptors (Lipinski definition) is 2. The maximum absolute atomic E-state index is 12.1. The van der Waals surface area contributed by atoms with Gasteiger partial charge >= 0.3 is 0 Å². The van der Waals surface area contributed by atoms with Crippen molar-refractivity contribution in [3.8, 4) is 0 Å². The van der Waals surface area contributed by atoms with Crippen LogP contribution in [0.5, 0.6) is 0 Å². The molecule has 1 aromatic heterocycles. The number of benzene rings is 1. The summed E-state index contributed by atoms with van der Waals surface area (Å²) in [4.78, 5) is 12.1. The number of rotatable bonds is 2. The fraction of sp³-hybridized carbons (Fsp3) is 0.222. The molecule has 0 radical (unpaired) electrons. The van der Waals surface area contributed by atoms with Gasteiger partial charge in [0, 0.05) is 17.9 Å². The van der Waals surface area contributed by atoms with Gasteiger partial charge in [0.05, 0.1) is 5.69 Å². The van der Waals surface area contributed by atoms with Crippen molar-refractivity contribution in [1.29, 1.82) is 0 Å². The molecule has 1 aliphatic heterocycles. The standard InChI is InChI=1S/C18H17N3O/c1-10-6-7-11(2)13(8-10)14-9-15(22)19-18-16(14)17(20-21-18)12-4-3-5-12/h3-8,14H,9H2,1-2H3,(H2,19,20,21,22). The molecule has 1 aliphatic carbocycles. The first-order valence-corrected chi connectivity index (χ1v) is 7.47. The molecule has 1 aromatic carbocycles. The van der Waals surface area contributed by atoms with E-state index in [-0.39, 0.29) is 11.8 Å². The van der Waals surface area contributed by atoms with Crippen LogP contribution in [0.15, 0.2) is 36.4 Å². The molecule has 0 saturated heterocycles. The Morgan fingerprint density at radius 1 is 1.27 bits per heavy atom. The van der Waals surface area contributed by atoms with Gasteiger partial charge in [-0.05, 0) is 30.5 Å². The van der Waals surface area contributed by atoms with Crippen LogP contribution in [0.4, 0.5) is 5.82 Å². The van der Waals surface area contributed by atoms with Gasteiger partial charge in [0.2, 0.25) is 5.91 Å². The van der Waals surface area contributed by atoms with Crippen LogP contribution >= 0.6 is 0 Å². The molecule has 4 nitrogen and oxygen atoms in total. The predicted octanol–water partition coefficient (Wildman–Crippen LogP) is 3.45. The number of nitrogens with one attached hydrogen (secondary N) is 2. The van der Waals surface area contributed by atoms with E-state index in [1.54, 1.807) is 0 Å². The van der Waals surface area contributed by atoms with Crippen LogP contribution in [0, 0.1) is 13.8 Å². The van der Waals surface area contributed by atoms with E-state index in [9.17, 15) is 4.79 Å². The number of amides is 1. The average molecular weight is 291 g/mol. The van der Waals surface area contributed by atoms with Gasteiger partial charge in [0.1, 0.15) is 0 Å². The number of carbonyl (C=O) groups is 1. The maximum atomic E-state index is 12.1. The number of fused-ring (bicyclic) bond motifs is 1. The summed E-state index contributed by atoms with van der Waals surface area (Å²) < 4.78 is 0. The Hall–Kier alpha value is -2.62. The number of aryl methyl sites for hydroxylation is 2. The van der Waals surface area contributed by atoms with Crippen molar-refractivity contribution in [2.24, 2.45) is 0 Å². The summed E-state index contributed by atoms with van der Waals surface area (Å²) in [5.41, 5.74) is 6.89. The SMILES string of the molecule is Cc1ccc(C)c(C2CC(=O)Nc3n[nH]c(C4=CC=C4)c32)c1. The Morgan fingerprint density at radius 3 is 2.82 bits per heavy atom. The van der Waals surface area contributed by atoms with E-state index in [0.29, 0.717) is 12.2 Å². The maximum Gasteiger partial charge on any atom is 0.226 e. The minimum atomic E-state index is 0.0228. The summed E-state index contributed by atoms with van der Waals surface area (Å²) in [6.07, 6.45) is 6.59. The monoisotopic (exact) mass is 291 g/mol. The highest BCUT2D eigenvalue weighted by Gasteiger charge is 2.33. The molecule has 2 aliphatic rings. The zero-order chi connectivity index (χ0) is 15.3. The van der Waals surface area contributed by atoms with Crippen molar-refractivity contribution < 1.29 is 4.79 Å². The second kappa shape index (κ2) is 4.70. The van der Waals surface area contributed by atoms with Crippen LogP contribution in [0.1, 0.15) is 40.3 Å². The Bertz CT molecular complexity index is 842. The highest BCUT2D eigenvalue weighted by atomic mass is 16.1. The van der Waals surface area contributed by atoms with E-state index in [1.807, 2.05) is 6.08 Å². The number of allylic oxidation sites excluding steroid dienone is 4. The van der Waals surface area contributed by atoms with Crippen molar-refractivity contribution in [3.05, 3.63) is 64.4 Å². The number of anilines is 1. The van der Waals surface area contributed by atoms with Crippen molar-refractivity contribution in [1.82, 2.24) is 10.2 Å². The zero-order valence-corrected chi connectivity index (χ0v) is 12.6. The van der Waals surface area contributed by atoms with Crippen molar-refractivity contribution in [2.45, 2.75) is 26.2 Å². The molecular formula is C18H17N3O. The number of H-pyrrole nitrogens is 1. The molecular weight excluding hydrogens is 274 g/mol. The average Bonchev–Trinajstić information content (AvgIpc) is 2.82. The van der Waals surface area contributed by atoms with Crippen molar-refractivity contribution >= 4 is 17.3 Å². The summed E-state index contributed by atoms with van der Waals surface area (Å²) >= 11 is 0. The molecule has 1 unspecified atom stereocenters. The molecule has 1 atom stereocenters. The molecule has 2 aromatic rings. The van der Waals surface area contributed by atoms with E-state index in [1.165, 1.54) is 16.7 Å². The van der Waals surface area contributed by atoms with E-state index in [0.717, 1.165) is 16.8 Å². The van der Waals surface area contributed by atoms with Gasteiger partial charge in [-0.25, -0.2) is 0 Å².